The van der Waals surface area contributed by atoms with Gasteiger partial charge in [0.1, 0.15) is 24.0 Å². The number of anilines is 1. The van der Waals surface area contributed by atoms with Crippen molar-refractivity contribution in [2.75, 3.05) is 18.5 Å². The summed E-state index contributed by atoms with van der Waals surface area (Å²) in [4.78, 5) is 23.1. The number of H-pyrrole nitrogens is 1. The molecule has 1 aliphatic rings. The normalized spacial score (nSPS) is 15.4. The molecule has 3 aromatic rings. The lowest BCUT2D eigenvalue weighted by Gasteiger charge is -2.16. The van der Waals surface area contributed by atoms with Crippen LogP contribution in [0.15, 0.2) is 30.6 Å². The number of aromatic amines is 1. The molecule has 1 aliphatic heterocycles. The Hall–Kier alpha value is -3.30. The molecule has 0 aliphatic carbocycles. The second-order valence-corrected chi connectivity index (χ2v) is 6.38. The van der Waals surface area contributed by atoms with Crippen molar-refractivity contribution in [1.82, 2.24) is 20.3 Å². The third kappa shape index (κ3) is 3.32. The number of ether oxygens (including phenoxy) is 1. The molecular weight excluding hydrogens is 375 g/mol. The fourth-order valence-corrected chi connectivity index (χ4v) is 2.91. The topological polar surface area (TPSA) is 91.9 Å². The SMILES string of the molecule is C[C@H](Nc1ncc2c(-c3ccc4c(c3)OCCNC4=O)c[nH]c2n1)C(F)(F)F. The van der Waals surface area contributed by atoms with E-state index in [4.69, 9.17) is 4.74 Å². The molecule has 146 valence electrons. The van der Waals surface area contributed by atoms with Crippen LogP contribution in [0.5, 0.6) is 5.75 Å². The number of nitrogens with zero attached hydrogens (tertiary/aromatic N) is 2. The van der Waals surface area contributed by atoms with Crippen molar-refractivity contribution in [2.45, 2.75) is 19.1 Å². The summed E-state index contributed by atoms with van der Waals surface area (Å²) in [5.74, 6) is 0.156. The molecular formula is C18H16F3N5O2. The van der Waals surface area contributed by atoms with Gasteiger partial charge in [0.25, 0.3) is 5.91 Å². The summed E-state index contributed by atoms with van der Waals surface area (Å²) in [6.45, 7) is 1.79. The molecule has 0 bridgehead atoms. The van der Waals surface area contributed by atoms with Gasteiger partial charge in [0.15, 0.2) is 0 Å². The van der Waals surface area contributed by atoms with Crippen LogP contribution in [0.1, 0.15) is 17.3 Å². The van der Waals surface area contributed by atoms with E-state index in [1.807, 2.05) is 0 Å². The van der Waals surface area contributed by atoms with Crippen molar-refractivity contribution in [1.29, 1.82) is 0 Å². The predicted molar refractivity (Wildman–Crippen MR) is 96.3 cm³/mol. The molecule has 0 radical (unpaired) electrons. The van der Waals surface area contributed by atoms with Crippen LogP contribution in [0.3, 0.4) is 0 Å². The second-order valence-electron chi connectivity index (χ2n) is 6.38. The van der Waals surface area contributed by atoms with Crippen LogP contribution in [0.2, 0.25) is 0 Å². The summed E-state index contributed by atoms with van der Waals surface area (Å²) < 4.78 is 43.7. The van der Waals surface area contributed by atoms with Gasteiger partial charge in [0.2, 0.25) is 5.95 Å². The maximum Gasteiger partial charge on any atom is 0.408 e. The van der Waals surface area contributed by atoms with Crippen molar-refractivity contribution >= 4 is 22.9 Å². The number of carbonyl (C=O) groups excluding carboxylic acids is 1. The van der Waals surface area contributed by atoms with Crippen molar-refractivity contribution in [3.8, 4) is 16.9 Å². The number of fused-ring (bicyclic) bond motifs is 2. The van der Waals surface area contributed by atoms with Crippen LogP contribution >= 0.6 is 0 Å². The van der Waals surface area contributed by atoms with Gasteiger partial charge in [-0.3, -0.25) is 4.79 Å². The molecule has 2 aromatic heterocycles. The Labute approximate surface area is 157 Å². The maximum atomic E-state index is 12.7. The zero-order chi connectivity index (χ0) is 19.9. The Bertz CT molecular complexity index is 1050. The minimum absolute atomic E-state index is 0.118. The molecule has 0 spiro atoms. The summed E-state index contributed by atoms with van der Waals surface area (Å²) in [6, 6.07) is 3.42. The van der Waals surface area contributed by atoms with Gasteiger partial charge in [-0.15, -0.1) is 0 Å². The first-order valence-corrected chi connectivity index (χ1v) is 8.56. The van der Waals surface area contributed by atoms with Crippen LogP contribution < -0.4 is 15.4 Å². The number of hydrogen-bond donors (Lipinski definition) is 3. The van der Waals surface area contributed by atoms with Crippen LogP contribution in [0.25, 0.3) is 22.2 Å². The van der Waals surface area contributed by atoms with E-state index >= 15 is 0 Å². The second kappa shape index (κ2) is 6.70. The van der Waals surface area contributed by atoms with Gasteiger partial charge in [-0.2, -0.15) is 18.2 Å². The van der Waals surface area contributed by atoms with Gasteiger partial charge in [0.05, 0.1) is 12.1 Å². The van der Waals surface area contributed by atoms with E-state index in [1.54, 1.807) is 24.4 Å². The molecule has 7 nitrogen and oxygen atoms in total. The highest BCUT2D eigenvalue weighted by Crippen LogP contribution is 2.33. The van der Waals surface area contributed by atoms with Crippen LogP contribution in [-0.2, 0) is 0 Å². The molecule has 1 amide bonds. The molecule has 0 saturated heterocycles. The monoisotopic (exact) mass is 391 g/mol. The van der Waals surface area contributed by atoms with Gasteiger partial charge in [-0.25, -0.2) is 4.98 Å². The summed E-state index contributed by atoms with van der Waals surface area (Å²) in [7, 11) is 0. The first kappa shape index (κ1) is 18.1. The molecule has 1 atom stereocenters. The van der Waals surface area contributed by atoms with Crippen molar-refractivity contribution in [2.24, 2.45) is 0 Å². The highest BCUT2D eigenvalue weighted by Gasteiger charge is 2.36. The van der Waals surface area contributed by atoms with E-state index in [0.29, 0.717) is 35.5 Å². The molecule has 3 heterocycles. The summed E-state index contributed by atoms with van der Waals surface area (Å²) in [5.41, 5.74) is 2.37. The van der Waals surface area contributed by atoms with E-state index in [0.717, 1.165) is 18.1 Å². The first-order chi connectivity index (χ1) is 13.3. The average molecular weight is 391 g/mol. The average Bonchev–Trinajstić information content (AvgIpc) is 2.98. The fourth-order valence-electron chi connectivity index (χ4n) is 2.91. The van der Waals surface area contributed by atoms with Crippen molar-refractivity contribution in [3.63, 3.8) is 0 Å². The van der Waals surface area contributed by atoms with E-state index in [2.05, 4.69) is 25.6 Å². The summed E-state index contributed by atoms with van der Waals surface area (Å²) >= 11 is 0. The lowest BCUT2D eigenvalue weighted by atomic mass is 10.0. The number of alkyl halides is 3. The predicted octanol–water partition coefficient (Wildman–Crippen LogP) is 3.11. The molecule has 28 heavy (non-hydrogen) atoms. The van der Waals surface area contributed by atoms with Crippen LogP contribution in [-0.4, -0.2) is 46.2 Å². The number of halogens is 3. The van der Waals surface area contributed by atoms with Gasteiger partial charge in [-0.05, 0) is 24.6 Å². The van der Waals surface area contributed by atoms with Gasteiger partial charge >= 0.3 is 6.18 Å². The maximum absolute atomic E-state index is 12.7. The molecule has 10 heteroatoms. The van der Waals surface area contributed by atoms with E-state index in [9.17, 15) is 18.0 Å². The first-order valence-electron chi connectivity index (χ1n) is 8.56. The summed E-state index contributed by atoms with van der Waals surface area (Å²) in [5, 5.41) is 5.63. The minimum atomic E-state index is -4.40. The smallest absolute Gasteiger partial charge is 0.408 e. The number of hydrogen-bond acceptors (Lipinski definition) is 5. The van der Waals surface area contributed by atoms with Gasteiger partial charge < -0.3 is 20.4 Å². The largest absolute Gasteiger partial charge is 0.491 e. The summed E-state index contributed by atoms with van der Waals surface area (Å²) in [6.07, 6.45) is -1.25. The Morgan fingerprint density at radius 3 is 2.89 bits per heavy atom. The van der Waals surface area contributed by atoms with Crippen LogP contribution in [0.4, 0.5) is 19.1 Å². The lowest BCUT2D eigenvalue weighted by molar-refractivity contribution is -0.138. The Morgan fingerprint density at radius 2 is 2.11 bits per heavy atom. The van der Waals surface area contributed by atoms with Crippen molar-refractivity contribution < 1.29 is 22.7 Å². The minimum Gasteiger partial charge on any atom is -0.491 e. The van der Waals surface area contributed by atoms with E-state index in [1.165, 1.54) is 6.20 Å². The number of carbonyl (C=O) groups is 1. The third-order valence-electron chi connectivity index (χ3n) is 4.45. The Morgan fingerprint density at radius 1 is 1.29 bits per heavy atom. The van der Waals surface area contributed by atoms with E-state index < -0.39 is 12.2 Å². The van der Waals surface area contributed by atoms with Gasteiger partial charge in [0, 0.05) is 23.3 Å². The molecule has 0 unspecified atom stereocenters. The molecule has 1 aromatic carbocycles. The van der Waals surface area contributed by atoms with E-state index in [-0.39, 0.29) is 11.9 Å². The third-order valence-corrected chi connectivity index (χ3v) is 4.45. The van der Waals surface area contributed by atoms with Crippen LogP contribution in [0, 0.1) is 0 Å². The molecule has 3 N–H and O–H groups in total. The highest BCUT2D eigenvalue weighted by atomic mass is 19.4. The molecule has 0 fully saturated rings. The number of rotatable bonds is 3. The number of nitrogens with one attached hydrogen (secondary N) is 3. The number of aromatic nitrogens is 3. The standard InChI is InChI=1S/C18H16F3N5O2/c1-9(18(19,20)21)25-17-24-8-13-12(7-23-15(13)26-17)10-2-3-11-14(6-10)28-5-4-22-16(11)27/h2-3,6-9H,4-5H2,1H3,(H,22,27)(H2,23,24,25,26)/t9-/m0/s1. The molecule has 0 saturated carbocycles. The number of benzene rings is 1. The Balaban J connectivity index is 1.67. The lowest BCUT2D eigenvalue weighted by Crippen LogP contribution is -2.33. The zero-order valence-electron chi connectivity index (χ0n) is 14.7. The Kier molecular flexibility index (Phi) is 4.33. The zero-order valence-corrected chi connectivity index (χ0v) is 14.7. The quantitative estimate of drug-likeness (QED) is 0.638. The van der Waals surface area contributed by atoms with Crippen molar-refractivity contribution in [3.05, 3.63) is 36.2 Å². The fraction of sp³-hybridized carbons (Fsp3) is 0.278. The highest BCUT2D eigenvalue weighted by molar-refractivity contribution is 5.99. The van der Waals surface area contributed by atoms with Gasteiger partial charge in [-0.1, -0.05) is 6.07 Å². The number of amides is 1. The molecule has 4 rings (SSSR count).